The van der Waals surface area contributed by atoms with Crippen LogP contribution in [0.5, 0.6) is 5.75 Å². The Balaban J connectivity index is 1.72. The van der Waals surface area contributed by atoms with Crippen LogP contribution in [0.15, 0.2) is 57.0 Å². The Hall–Kier alpha value is -2.72. The van der Waals surface area contributed by atoms with E-state index in [2.05, 4.69) is 9.71 Å². The second-order valence-electron chi connectivity index (χ2n) is 6.28. The number of rotatable bonds is 10. The van der Waals surface area contributed by atoms with Crippen LogP contribution in [0.1, 0.15) is 19.8 Å². The molecule has 0 aliphatic heterocycles. The van der Waals surface area contributed by atoms with Crippen LogP contribution in [0.2, 0.25) is 0 Å². The van der Waals surface area contributed by atoms with Crippen molar-refractivity contribution in [2.75, 3.05) is 24.2 Å². The molecule has 0 atom stereocenters. The summed E-state index contributed by atoms with van der Waals surface area (Å²) < 4.78 is 43.9. The maximum Gasteiger partial charge on any atom is 0.316 e. The molecular weight excluding hydrogens is 428 g/mol. The number of esters is 1. The van der Waals surface area contributed by atoms with E-state index < -0.39 is 10.0 Å². The zero-order valence-electron chi connectivity index (χ0n) is 16.6. The molecule has 0 unspecified atom stereocenters. The number of ether oxygens (including phenoxy) is 2. The number of fused-ring (bicyclic) bond motifs is 1. The summed E-state index contributed by atoms with van der Waals surface area (Å²) >= 11 is 1.10. The summed E-state index contributed by atoms with van der Waals surface area (Å²) in [6.07, 6.45) is 1.77. The highest BCUT2D eigenvalue weighted by Crippen LogP contribution is 2.29. The van der Waals surface area contributed by atoms with Gasteiger partial charge in [0.1, 0.15) is 17.0 Å². The van der Waals surface area contributed by atoms with Gasteiger partial charge in [0.05, 0.1) is 24.3 Å². The van der Waals surface area contributed by atoms with Gasteiger partial charge >= 0.3 is 5.97 Å². The van der Waals surface area contributed by atoms with Crippen molar-refractivity contribution in [2.24, 2.45) is 0 Å². The lowest BCUT2D eigenvalue weighted by molar-refractivity contribution is -0.140. The number of aromatic nitrogens is 1. The van der Waals surface area contributed by atoms with Crippen molar-refractivity contribution >= 4 is 44.5 Å². The topological polar surface area (TPSA) is 108 Å². The van der Waals surface area contributed by atoms with Crippen LogP contribution < -0.4 is 9.46 Å². The van der Waals surface area contributed by atoms with E-state index in [-0.39, 0.29) is 21.8 Å². The number of carbonyl (C=O) groups is 1. The normalized spacial score (nSPS) is 11.4. The summed E-state index contributed by atoms with van der Waals surface area (Å²) in [5.74, 6) is 0.130. The molecule has 0 spiro atoms. The maximum absolute atomic E-state index is 12.8. The number of hydrogen-bond acceptors (Lipinski definition) is 8. The number of anilines is 1. The Bertz CT molecular complexity index is 1130. The SMILES string of the molecule is CCCCOC(=O)CSc1nc2cc(S(=O)(=O)Nc3ccccc3OC)ccc2o1. The van der Waals surface area contributed by atoms with E-state index in [0.717, 1.165) is 24.6 Å². The summed E-state index contributed by atoms with van der Waals surface area (Å²) in [5, 5.41) is 0.268. The predicted octanol–water partition coefficient (Wildman–Crippen LogP) is 4.07. The van der Waals surface area contributed by atoms with Crippen molar-refractivity contribution in [3.63, 3.8) is 0 Å². The average Bonchev–Trinajstić information content (AvgIpc) is 3.15. The number of unbranched alkanes of at least 4 members (excludes halogenated alkanes) is 1. The zero-order chi connectivity index (χ0) is 21.6. The molecule has 3 aromatic rings. The number of nitrogens with one attached hydrogen (secondary N) is 1. The van der Waals surface area contributed by atoms with E-state index in [4.69, 9.17) is 13.9 Å². The summed E-state index contributed by atoms with van der Waals surface area (Å²) in [4.78, 5) is 16.0. The van der Waals surface area contributed by atoms with Gasteiger partial charge in [-0.05, 0) is 36.8 Å². The molecule has 0 radical (unpaired) electrons. The van der Waals surface area contributed by atoms with E-state index >= 15 is 0 Å². The molecule has 0 saturated heterocycles. The number of nitrogens with zero attached hydrogens (tertiary/aromatic N) is 1. The lowest BCUT2D eigenvalue weighted by Crippen LogP contribution is -2.13. The summed E-state index contributed by atoms with van der Waals surface area (Å²) in [6.45, 7) is 2.41. The molecule has 3 rings (SSSR count). The smallest absolute Gasteiger partial charge is 0.316 e. The van der Waals surface area contributed by atoms with E-state index in [0.29, 0.717) is 29.1 Å². The van der Waals surface area contributed by atoms with Crippen LogP contribution in [0.3, 0.4) is 0 Å². The molecule has 10 heteroatoms. The van der Waals surface area contributed by atoms with Crippen molar-refractivity contribution in [1.29, 1.82) is 0 Å². The van der Waals surface area contributed by atoms with E-state index in [1.54, 1.807) is 24.3 Å². The van der Waals surface area contributed by atoms with Crippen molar-refractivity contribution in [1.82, 2.24) is 4.98 Å². The lowest BCUT2D eigenvalue weighted by Gasteiger charge is -2.11. The third kappa shape index (κ3) is 5.45. The molecule has 8 nitrogen and oxygen atoms in total. The summed E-state index contributed by atoms with van der Waals surface area (Å²) in [7, 11) is -2.39. The van der Waals surface area contributed by atoms with Crippen LogP contribution in [-0.2, 0) is 19.6 Å². The first kappa shape index (κ1) is 22.0. The molecule has 0 fully saturated rings. The second-order valence-corrected chi connectivity index (χ2v) is 8.89. The standard InChI is InChI=1S/C20H22N2O6S2/c1-3-4-11-27-19(23)13-29-20-21-16-12-14(9-10-18(16)28-20)30(24,25)22-15-7-5-6-8-17(15)26-2/h5-10,12,22H,3-4,11,13H2,1-2H3. The molecule has 2 aromatic carbocycles. The molecule has 0 aliphatic rings. The Morgan fingerprint density at radius 3 is 2.80 bits per heavy atom. The van der Waals surface area contributed by atoms with Crippen LogP contribution in [0.25, 0.3) is 11.1 Å². The predicted molar refractivity (Wildman–Crippen MR) is 114 cm³/mol. The van der Waals surface area contributed by atoms with Gasteiger partial charge in [0.15, 0.2) is 5.58 Å². The molecule has 1 heterocycles. The molecule has 0 bridgehead atoms. The van der Waals surface area contributed by atoms with Crippen molar-refractivity contribution in [3.05, 3.63) is 42.5 Å². The van der Waals surface area contributed by atoms with Gasteiger partial charge in [-0.1, -0.05) is 37.2 Å². The molecule has 0 amide bonds. The first-order valence-electron chi connectivity index (χ1n) is 9.28. The van der Waals surface area contributed by atoms with Gasteiger partial charge in [0.25, 0.3) is 15.2 Å². The molecule has 1 N–H and O–H groups in total. The minimum Gasteiger partial charge on any atom is -0.495 e. The maximum atomic E-state index is 12.8. The number of sulfonamides is 1. The Morgan fingerprint density at radius 1 is 1.23 bits per heavy atom. The number of benzene rings is 2. The monoisotopic (exact) mass is 450 g/mol. The number of methoxy groups -OCH3 is 1. The van der Waals surface area contributed by atoms with Gasteiger partial charge in [-0.15, -0.1) is 0 Å². The molecular formula is C20H22N2O6S2. The fraction of sp³-hybridized carbons (Fsp3) is 0.300. The highest BCUT2D eigenvalue weighted by Gasteiger charge is 2.19. The van der Waals surface area contributed by atoms with Gasteiger partial charge in [0.2, 0.25) is 0 Å². The molecule has 1 aromatic heterocycles. The fourth-order valence-electron chi connectivity index (χ4n) is 2.54. The number of hydrogen-bond donors (Lipinski definition) is 1. The van der Waals surface area contributed by atoms with Crippen LogP contribution in [0, 0.1) is 0 Å². The van der Waals surface area contributed by atoms with Gasteiger partial charge < -0.3 is 13.9 Å². The van der Waals surface area contributed by atoms with Crippen molar-refractivity contribution in [3.8, 4) is 5.75 Å². The first-order chi connectivity index (χ1) is 14.4. The minimum absolute atomic E-state index is 0.0322. The molecule has 160 valence electrons. The second kappa shape index (κ2) is 9.86. The van der Waals surface area contributed by atoms with Crippen LogP contribution in [0.4, 0.5) is 5.69 Å². The fourth-order valence-corrected chi connectivity index (χ4v) is 4.27. The third-order valence-electron chi connectivity index (χ3n) is 4.08. The van der Waals surface area contributed by atoms with Gasteiger partial charge in [0, 0.05) is 0 Å². The minimum atomic E-state index is -3.86. The number of oxazole rings is 1. The van der Waals surface area contributed by atoms with Crippen LogP contribution in [-0.4, -0.2) is 38.8 Å². The van der Waals surface area contributed by atoms with E-state index in [1.807, 2.05) is 6.92 Å². The van der Waals surface area contributed by atoms with Gasteiger partial charge in [-0.25, -0.2) is 13.4 Å². The number of thioether (sulfide) groups is 1. The zero-order valence-corrected chi connectivity index (χ0v) is 18.2. The van der Waals surface area contributed by atoms with Gasteiger partial charge in [-0.3, -0.25) is 9.52 Å². The highest BCUT2D eigenvalue weighted by molar-refractivity contribution is 7.99. The first-order valence-corrected chi connectivity index (χ1v) is 11.7. The Labute approximate surface area is 179 Å². The number of carbonyl (C=O) groups excluding carboxylic acids is 1. The Morgan fingerprint density at radius 2 is 2.03 bits per heavy atom. The molecule has 0 aliphatic carbocycles. The quantitative estimate of drug-likeness (QED) is 0.280. The summed E-state index contributed by atoms with van der Waals surface area (Å²) in [6, 6.07) is 11.1. The van der Waals surface area contributed by atoms with Crippen molar-refractivity contribution in [2.45, 2.75) is 29.9 Å². The summed E-state index contributed by atoms with van der Waals surface area (Å²) in [5.41, 5.74) is 1.13. The number of para-hydroxylation sites is 2. The average molecular weight is 451 g/mol. The van der Waals surface area contributed by atoms with E-state index in [9.17, 15) is 13.2 Å². The Kier molecular flexibility index (Phi) is 7.22. The largest absolute Gasteiger partial charge is 0.495 e. The van der Waals surface area contributed by atoms with E-state index in [1.165, 1.54) is 25.3 Å². The highest BCUT2D eigenvalue weighted by atomic mass is 32.2. The van der Waals surface area contributed by atoms with Crippen LogP contribution >= 0.6 is 11.8 Å². The molecule has 0 saturated carbocycles. The van der Waals surface area contributed by atoms with Crippen molar-refractivity contribution < 1.29 is 27.1 Å². The van der Waals surface area contributed by atoms with Gasteiger partial charge in [-0.2, -0.15) is 0 Å². The third-order valence-corrected chi connectivity index (χ3v) is 6.24. The molecule has 30 heavy (non-hydrogen) atoms. The lowest BCUT2D eigenvalue weighted by atomic mass is 10.3.